The lowest BCUT2D eigenvalue weighted by Crippen LogP contribution is -2.31. The molecule has 1 fully saturated rings. The van der Waals surface area contributed by atoms with Gasteiger partial charge in [0.25, 0.3) is 0 Å². The summed E-state index contributed by atoms with van der Waals surface area (Å²) < 4.78 is 0. The third-order valence-electron chi connectivity index (χ3n) is 4.62. The number of rotatable bonds is 10. The fourth-order valence-corrected chi connectivity index (χ4v) is 3.15. The molecule has 1 saturated heterocycles. The van der Waals surface area contributed by atoms with Crippen LogP contribution in [0.15, 0.2) is 0 Å². The SMILES string of the molecule is CCCCCC(CCCC)CC(=O)N1CCC(CN)C1. The highest BCUT2D eigenvalue weighted by Gasteiger charge is 2.26. The van der Waals surface area contributed by atoms with Gasteiger partial charge in [0.1, 0.15) is 0 Å². The molecule has 118 valence electrons. The molecule has 1 heterocycles. The van der Waals surface area contributed by atoms with Crippen LogP contribution in [0.25, 0.3) is 0 Å². The van der Waals surface area contributed by atoms with Crippen molar-refractivity contribution < 1.29 is 4.79 Å². The molecule has 1 amide bonds. The van der Waals surface area contributed by atoms with Gasteiger partial charge in [-0.2, -0.15) is 0 Å². The highest BCUT2D eigenvalue weighted by molar-refractivity contribution is 5.76. The molecule has 3 heteroatoms. The minimum absolute atomic E-state index is 0.374. The molecular formula is C17H34N2O. The molecule has 1 aliphatic heterocycles. The van der Waals surface area contributed by atoms with Crippen LogP contribution in [-0.2, 0) is 4.79 Å². The lowest BCUT2D eigenvalue weighted by atomic mass is 9.92. The van der Waals surface area contributed by atoms with Crippen molar-refractivity contribution in [2.24, 2.45) is 17.6 Å². The molecule has 2 N–H and O–H groups in total. The molecule has 1 rings (SSSR count). The zero-order chi connectivity index (χ0) is 14.8. The van der Waals surface area contributed by atoms with Gasteiger partial charge in [-0.1, -0.05) is 46.0 Å². The van der Waals surface area contributed by atoms with E-state index in [9.17, 15) is 4.79 Å². The van der Waals surface area contributed by atoms with Gasteiger partial charge in [0.05, 0.1) is 0 Å². The van der Waals surface area contributed by atoms with E-state index in [-0.39, 0.29) is 0 Å². The predicted octanol–water partition coefficient (Wildman–Crippen LogP) is 3.57. The first-order chi connectivity index (χ1) is 9.71. The number of hydrogen-bond acceptors (Lipinski definition) is 2. The van der Waals surface area contributed by atoms with E-state index in [0.29, 0.717) is 17.7 Å². The summed E-state index contributed by atoms with van der Waals surface area (Å²) in [6.45, 7) is 7.02. The molecule has 0 aromatic carbocycles. The summed E-state index contributed by atoms with van der Waals surface area (Å²) in [7, 11) is 0. The number of amides is 1. The van der Waals surface area contributed by atoms with Crippen LogP contribution in [0.3, 0.4) is 0 Å². The number of nitrogens with zero attached hydrogens (tertiary/aromatic N) is 1. The number of carbonyl (C=O) groups excluding carboxylic acids is 1. The Balaban J connectivity index is 2.36. The van der Waals surface area contributed by atoms with Crippen LogP contribution in [0, 0.1) is 11.8 Å². The summed E-state index contributed by atoms with van der Waals surface area (Å²) in [5, 5.41) is 0. The number of hydrogen-bond donors (Lipinski definition) is 1. The molecule has 0 radical (unpaired) electrons. The Morgan fingerprint density at radius 3 is 2.50 bits per heavy atom. The molecule has 0 aromatic heterocycles. The third kappa shape index (κ3) is 6.25. The minimum Gasteiger partial charge on any atom is -0.342 e. The molecule has 20 heavy (non-hydrogen) atoms. The summed E-state index contributed by atoms with van der Waals surface area (Å²) in [6.07, 6.45) is 10.7. The van der Waals surface area contributed by atoms with Crippen LogP contribution < -0.4 is 5.73 Å². The maximum atomic E-state index is 12.4. The quantitative estimate of drug-likeness (QED) is 0.623. The minimum atomic E-state index is 0.374. The fourth-order valence-electron chi connectivity index (χ4n) is 3.15. The van der Waals surface area contributed by atoms with Crippen LogP contribution >= 0.6 is 0 Å². The van der Waals surface area contributed by atoms with Crippen LogP contribution in [0.2, 0.25) is 0 Å². The predicted molar refractivity (Wildman–Crippen MR) is 85.5 cm³/mol. The van der Waals surface area contributed by atoms with Gasteiger partial charge in [-0.05, 0) is 37.6 Å². The van der Waals surface area contributed by atoms with Gasteiger partial charge in [-0.15, -0.1) is 0 Å². The molecule has 0 saturated carbocycles. The molecule has 3 nitrogen and oxygen atoms in total. The molecule has 2 unspecified atom stereocenters. The van der Waals surface area contributed by atoms with Gasteiger partial charge in [-0.3, -0.25) is 4.79 Å². The number of unbranched alkanes of at least 4 members (excludes halogenated alkanes) is 3. The first kappa shape index (κ1) is 17.5. The highest BCUT2D eigenvalue weighted by Crippen LogP contribution is 2.23. The lowest BCUT2D eigenvalue weighted by molar-refractivity contribution is -0.131. The fraction of sp³-hybridized carbons (Fsp3) is 0.941. The number of carbonyl (C=O) groups is 1. The molecule has 2 atom stereocenters. The van der Waals surface area contributed by atoms with Crippen LogP contribution in [-0.4, -0.2) is 30.4 Å². The smallest absolute Gasteiger partial charge is 0.222 e. The van der Waals surface area contributed by atoms with Crippen molar-refractivity contribution in [3.05, 3.63) is 0 Å². The maximum absolute atomic E-state index is 12.4. The average molecular weight is 282 g/mol. The van der Waals surface area contributed by atoms with Crippen molar-refractivity contribution in [2.45, 2.75) is 71.6 Å². The van der Waals surface area contributed by atoms with E-state index in [1.54, 1.807) is 0 Å². The standard InChI is InChI=1S/C17H34N2O/c1-3-5-7-9-15(8-6-4-2)12-17(20)19-11-10-16(13-18)14-19/h15-16H,3-14,18H2,1-2H3. The number of nitrogens with two attached hydrogens (primary N) is 1. The van der Waals surface area contributed by atoms with Crippen LogP contribution in [0.1, 0.15) is 71.6 Å². The summed E-state index contributed by atoms with van der Waals surface area (Å²) in [5.74, 6) is 1.51. The second-order valence-corrected chi connectivity index (χ2v) is 6.44. The Bertz CT molecular complexity index is 268. The van der Waals surface area contributed by atoms with E-state index in [1.807, 2.05) is 0 Å². The van der Waals surface area contributed by atoms with E-state index in [4.69, 9.17) is 5.73 Å². The molecule has 0 bridgehead atoms. The molecule has 0 aromatic rings. The second-order valence-electron chi connectivity index (χ2n) is 6.44. The Kier molecular flexibility index (Phi) is 8.92. The lowest BCUT2D eigenvalue weighted by Gasteiger charge is -2.21. The van der Waals surface area contributed by atoms with Crippen LogP contribution in [0.5, 0.6) is 0 Å². The monoisotopic (exact) mass is 282 g/mol. The number of likely N-dealkylation sites (tertiary alicyclic amines) is 1. The van der Waals surface area contributed by atoms with Gasteiger partial charge >= 0.3 is 0 Å². The second kappa shape index (κ2) is 10.2. The molecule has 1 aliphatic rings. The van der Waals surface area contributed by atoms with Crippen LogP contribution in [0.4, 0.5) is 0 Å². The average Bonchev–Trinajstić information content (AvgIpc) is 2.93. The summed E-state index contributed by atoms with van der Waals surface area (Å²) in [4.78, 5) is 14.5. The van der Waals surface area contributed by atoms with E-state index in [0.717, 1.165) is 32.5 Å². The topological polar surface area (TPSA) is 46.3 Å². The van der Waals surface area contributed by atoms with Gasteiger partial charge < -0.3 is 10.6 Å². The van der Waals surface area contributed by atoms with Gasteiger partial charge in [0, 0.05) is 19.5 Å². The zero-order valence-electron chi connectivity index (χ0n) is 13.6. The Morgan fingerprint density at radius 1 is 1.20 bits per heavy atom. The Labute approximate surface area is 125 Å². The highest BCUT2D eigenvalue weighted by atomic mass is 16.2. The Morgan fingerprint density at radius 2 is 1.90 bits per heavy atom. The van der Waals surface area contributed by atoms with Gasteiger partial charge in [0.15, 0.2) is 0 Å². The maximum Gasteiger partial charge on any atom is 0.222 e. The largest absolute Gasteiger partial charge is 0.342 e. The zero-order valence-corrected chi connectivity index (χ0v) is 13.6. The third-order valence-corrected chi connectivity index (χ3v) is 4.62. The van der Waals surface area contributed by atoms with Crippen molar-refractivity contribution >= 4 is 5.91 Å². The van der Waals surface area contributed by atoms with Gasteiger partial charge in [0.2, 0.25) is 5.91 Å². The first-order valence-electron chi connectivity index (χ1n) is 8.69. The van der Waals surface area contributed by atoms with Crippen molar-refractivity contribution in [3.8, 4) is 0 Å². The van der Waals surface area contributed by atoms with E-state index in [2.05, 4.69) is 18.7 Å². The van der Waals surface area contributed by atoms with Crippen molar-refractivity contribution in [2.75, 3.05) is 19.6 Å². The Hall–Kier alpha value is -0.570. The summed E-state index contributed by atoms with van der Waals surface area (Å²) in [5.41, 5.74) is 5.71. The first-order valence-corrected chi connectivity index (χ1v) is 8.69. The van der Waals surface area contributed by atoms with Crippen molar-refractivity contribution in [3.63, 3.8) is 0 Å². The van der Waals surface area contributed by atoms with Crippen molar-refractivity contribution in [1.82, 2.24) is 4.90 Å². The summed E-state index contributed by atoms with van der Waals surface area (Å²) in [6, 6.07) is 0. The van der Waals surface area contributed by atoms with E-state index >= 15 is 0 Å². The molecular weight excluding hydrogens is 248 g/mol. The normalized spacial score (nSPS) is 20.4. The summed E-state index contributed by atoms with van der Waals surface area (Å²) >= 11 is 0. The molecule has 0 aliphatic carbocycles. The van der Waals surface area contributed by atoms with Gasteiger partial charge in [-0.25, -0.2) is 0 Å². The van der Waals surface area contributed by atoms with E-state index in [1.165, 1.54) is 44.9 Å². The molecule has 0 spiro atoms. The van der Waals surface area contributed by atoms with E-state index < -0.39 is 0 Å². The van der Waals surface area contributed by atoms with Crippen molar-refractivity contribution in [1.29, 1.82) is 0 Å².